The van der Waals surface area contributed by atoms with Crippen LogP contribution in [0.1, 0.15) is 13.3 Å². The maximum absolute atomic E-state index is 10.9. The SMILES string of the molecule is CCOc1ccc(NCCCS(C)(=O)=O)cc1. The van der Waals surface area contributed by atoms with Crippen molar-refractivity contribution in [1.29, 1.82) is 0 Å². The number of rotatable bonds is 7. The lowest BCUT2D eigenvalue weighted by atomic mass is 10.3. The monoisotopic (exact) mass is 257 g/mol. The highest BCUT2D eigenvalue weighted by Gasteiger charge is 2.01. The van der Waals surface area contributed by atoms with Crippen molar-refractivity contribution in [3.63, 3.8) is 0 Å². The fourth-order valence-corrected chi connectivity index (χ4v) is 2.07. The van der Waals surface area contributed by atoms with Crippen molar-refractivity contribution in [3.8, 4) is 5.75 Å². The molecule has 0 aromatic heterocycles. The Labute approximate surface area is 103 Å². The van der Waals surface area contributed by atoms with Gasteiger partial charge in [0.15, 0.2) is 0 Å². The van der Waals surface area contributed by atoms with E-state index in [9.17, 15) is 8.42 Å². The fraction of sp³-hybridized carbons (Fsp3) is 0.500. The number of hydrogen-bond donors (Lipinski definition) is 1. The predicted octanol–water partition coefficient (Wildman–Crippen LogP) is 1.93. The van der Waals surface area contributed by atoms with Gasteiger partial charge < -0.3 is 10.1 Å². The number of sulfone groups is 1. The van der Waals surface area contributed by atoms with Crippen molar-refractivity contribution in [2.75, 3.05) is 30.5 Å². The summed E-state index contributed by atoms with van der Waals surface area (Å²) in [5.41, 5.74) is 0.974. The van der Waals surface area contributed by atoms with Gasteiger partial charge in [-0.2, -0.15) is 0 Å². The van der Waals surface area contributed by atoms with Crippen LogP contribution in [0.2, 0.25) is 0 Å². The van der Waals surface area contributed by atoms with Crippen molar-refractivity contribution in [1.82, 2.24) is 0 Å². The largest absolute Gasteiger partial charge is 0.494 e. The molecule has 0 spiro atoms. The number of anilines is 1. The fourth-order valence-electron chi connectivity index (χ4n) is 1.40. The van der Waals surface area contributed by atoms with Gasteiger partial charge in [-0.1, -0.05) is 0 Å². The molecule has 0 saturated carbocycles. The third-order valence-corrected chi connectivity index (χ3v) is 3.22. The molecule has 0 unspecified atom stereocenters. The summed E-state index contributed by atoms with van der Waals surface area (Å²) < 4.78 is 27.2. The first-order chi connectivity index (χ1) is 8.01. The minimum absolute atomic E-state index is 0.219. The molecule has 0 bridgehead atoms. The lowest BCUT2D eigenvalue weighted by Gasteiger charge is -2.07. The van der Waals surface area contributed by atoms with Crippen LogP contribution in [0.25, 0.3) is 0 Å². The minimum Gasteiger partial charge on any atom is -0.494 e. The van der Waals surface area contributed by atoms with E-state index in [0.29, 0.717) is 19.6 Å². The van der Waals surface area contributed by atoms with Gasteiger partial charge in [-0.15, -0.1) is 0 Å². The number of hydrogen-bond acceptors (Lipinski definition) is 4. The van der Waals surface area contributed by atoms with E-state index in [1.165, 1.54) is 6.26 Å². The normalized spacial score (nSPS) is 11.2. The van der Waals surface area contributed by atoms with Crippen LogP contribution < -0.4 is 10.1 Å². The van der Waals surface area contributed by atoms with Crippen LogP contribution in [-0.4, -0.2) is 33.6 Å². The lowest BCUT2D eigenvalue weighted by Crippen LogP contribution is -2.09. The second-order valence-electron chi connectivity index (χ2n) is 3.87. The minimum atomic E-state index is -2.85. The van der Waals surface area contributed by atoms with Crippen molar-refractivity contribution in [2.45, 2.75) is 13.3 Å². The highest BCUT2D eigenvalue weighted by molar-refractivity contribution is 7.90. The summed E-state index contributed by atoms with van der Waals surface area (Å²) >= 11 is 0. The Bertz CT molecular complexity index is 426. The summed E-state index contributed by atoms with van der Waals surface area (Å²) in [5, 5.41) is 3.17. The molecule has 0 radical (unpaired) electrons. The topological polar surface area (TPSA) is 55.4 Å². The number of benzene rings is 1. The van der Waals surface area contributed by atoms with Crippen LogP contribution >= 0.6 is 0 Å². The van der Waals surface area contributed by atoms with Gasteiger partial charge in [0.25, 0.3) is 0 Å². The zero-order chi connectivity index (χ0) is 12.7. The predicted molar refractivity (Wildman–Crippen MR) is 70.4 cm³/mol. The van der Waals surface area contributed by atoms with Crippen molar-refractivity contribution in [2.24, 2.45) is 0 Å². The van der Waals surface area contributed by atoms with Crippen LogP contribution in [0.5, 0.6) is 5.75 Å². The smallest absolute Gasteiger partial charge is 0.147 e. The Balaban J connectivity index is 2.32. The van der Waals surface area contributed by atoms with Gasteiger partial charge in [0.2, 0.25) is 0 Å². The van der Waals surface area contributed by atoms with Gasteiger partial charge in [-0.25, -0.2) is 8.42 Å². The molecular weight excluding hydrogens is 238 g/mol. The standard InChI is InChI=1S/C12H19NO3S/c1-3-16-12-7-5-11(6-8-12)13-9-4-10-17(2,14)15/h5-8,13H,3-4,9-10H2,1-2H3. The number of nitrogens with one attached hydrogen (secondary N) is 1. The molecule has 0 amide bonds. The lowest BCUT2D eigenvalue weighted by molar-refractivity contribution is 0.340. The van der Waals surface area contributed by atoms with E-state index in [-0.39, 0.29) is 5.75 Å². The summed E-state index contributed by atoms with van der Waals surface area (Å²) in [6.07, 6.45) is 1.87. The van der Waals surface area contributed by atoms with E-state index >= 15 is 0 Å². The third-order valence-electron chi connectivity index (χ3n) is 2.19. The van der Waals surface area contributed by atoms with E-state index in [1.54, 1.807) is 0 Å². The van der Waals surface area contributed by atoms with E-state index < -0.39 is 9.84 Å². The molecule has 0 aliphatic heterocycles. The van der Waals surface area contributed by atoms with Gasteiger partial charge in [0.05, 0.1) is 12.4 Å². The summed E-state index contributed by atoms with van der Waals surface area (Å²) in [4.78, 5) is 0. The highest BCUT2D eigenvalue weighted by atomic mass is 32.2. The molecule has 5 heteroatoms. The molecular formula is C12H19NO3S. The maximum atomic E-state index is 10.9. The van der Waals surface area contributed by atoms with E-state index in [0.717, 1.165) is 11.4 Å². The van der Waals surface area contributed by atoms with E-state index in [1.807, 2.05) is 31.2 Å². The first-order valence-electron chi connectivity index (χ1n) is 5.66. The molecule has 1 aromatic carbocycles. The Kier molecular flexibility index (Phi) is 5.28. The highest BCUT2D eigenvalue weighted by Crippen LogP contribution is 2.15. The van der Waals surface area contributed by atoms with Crippen molar-refractivity contribution < 1.29 is 13.2 Å². The van der Waals surface area contributed by atoms with Crippen LogP contribution in [0, 0.1) is 0 Å². The molecule has 1 rings (SSSR count). The van der Waals surface area contributed by atoms with Gasteiger partial charge >= 0.3 is 0 Å². The first kappa shape index (κ1) is 13.8. The average Bonchev–Trinajstić information content (AvgIpc) is 2.26. The van der Waals surface area contributed by atoms with Crippen molar-refractivity contribution in [3.05, 3.63) is 24.3 Å². The summed E-state index contributed by atoms with van der Waals surface area (Å²) in [7, 11) is -2.85. The number of ether oxygens (including phenoxy) is 1. The van der Waals surface area contributed by atoms with Crippen LogP contribution in [0.4, 0.5) is 5.69 Å². The van der Waals surface area contributed by atoms with Gasteiger partial charge in [0, 0.05) is 18.5 Å². The summed E-state index contributed by atoms with van der Waals surface area (Å²) in [5.74, 6) is 1.06. The molecule has 0 atom stereocenters. The molecule has 1 N–H and O–H groups in total. The van der Waals surface area contributed by atoms with Crippen LogP contribution in [-0.2, 0) is 9.84 Å². The molecule has 0 heterocycles. The second-order valence-corrected chi connectivity index (χ2v) is 6.13. The molecule has 96 valence electrons. The summed E-state index contributed by atoms with van der Waals surface area (Å²) in [6.45, 7) is 3.25. The summed E-state index contributed by atoms with van der Waals surface area (Å²) in [6, 6.07) is 7.63. The van der Waals surface area contributed by atoms with Crippen LogP contribution in [0.3, 0.4) is 0 Å². The van der Waals surface area contributed by atoms with E-state index in [4.69, 9.17) is 4.74 Å². The Morgan fingerprint density at radius 1 is 1.24 bits per heavy atom. The maximum Gasteiger partial charge on any atom is 0.147 e. The quantitative estimate of drug-likeness (QED) is 0.758. The Hall–Kier alpha value is -1.23. The molecule has 0 fully saturated rings. The average molecular weight is 257 g/mol. The van der Waals surface area contributed by atoms with E-state index in [2.05, 4.69) is 5.32 Å². The van der Waals surface area contributed by atoms with Crippen molar-refractivity contribution >= 4 is 15.5 Å². The first-order valence-corrected chi connectivity index (χ1v) is 7.72. The molecule has 4 nitrogen and oxygen atoms in total. The zero-order valence-corrected chi connectivity index (χ0v) is 11.1. The Morgan fingerprint density at radius 3 is 2.41 bits per heavy atom. The van der Waals surface area contributed by atoms with Gasteiger partial charge in [-0.05, 0) is 37.6 Å². The molecule has 17 heavy (non-hydrogen) atoms. The van der Waals surface area contributed by atoms with Gasteiger partial charge in [0.1, 0.15) is 15.6 Å². The molecule has 1 aromatic rings. The Morgan fingerprint density at radius 2 is 1.88 bits per heavy atom. The molecule has 0 aliphatic carbocycles. The second kappa shape index (κ2) is 6.49. The molecule has 0 saturated heterocycles. The third kappa shape index (κ3) is 6.16. The van der Waals surface area contributed by atoms with Crippen LogP contribution in [0.15, 0.2) is 24.3 Å². The zero-order valence-electron chi connectivity index (χ0n) is 10.3. The van der Waals surface area contributed by atoms with Gasteiger partial charge in [-0.3, -0.25) is 0 Å². The molecule has 0 aliphatic rings.